The van der Waals surface area contributed by atoms with Crippen molar-refractivity contribution in [2.75, 3.05) is 38.0 Å². The highest BCUT2D eigenvalue weighted by Gasteiger charge is 2.24. The molecule has 0 aromatic carbocycles. The molecule has 0 radical (unpaired) electrons. The number of oxazole rings is 1. The molecule has 11 heteroatoms. The highest BCUT2D eigenvalue weighted by atomic mass is 16.4. The summed E-state index contributed by atoms with van der Waals surface area (Å²) in [6.45, 7) is 6.79. The monoisotopic (exact) mass is 457 g/mol. The molecule has 2 aromatic rings. The fraction of sp³-hybridized carbons (Fsp3) is 0.591. The summed E-state index contributed by atoms with van der Waals surface area (Å²) in [6, 6.07) is 1.80. The summed E-state index contributed by atoms with van der Waals surface area (Å²) < 4.78 is 5.57. The summed E-state index contributed by atoms with van der Waals surface area (Å²) in [7, 11) is 0. The van der Waals surface area contributed by atoms with E-state index in [1.165, 1.54) is 6.33 Å². The van der Waals surface area contributed by atoms with Crippen molar-refractivity contribution >= 4 is 17.6 Å². The number of aryl methyl sites for hydroxylation is 1. The molecule has 0 aliphatic carbocycles. The third-order valence-corrected chi connectivity index (χ3v) is 6.07. The first-order valence-electron chi connectivity index (χ1n) is 11.3. The van der Waals surface area contributed by atoms with E-state index in [2.05, 4.69) is 30.5 Å². The van der Waals surface area contributed by atoms with E-state index in [-0.39, 0.29) is 30.1 Å². The van der Waals surface area contributed by atoms with Gasteiger partial charge in [-0.25, -0.2) is 15.0 Å². The van der Waals surface area contributed by atoms with Crippen molar-refractivity contribution < 1.29 is 19.1 Å². The molecule has 1 atom stereocenters. The van der Waals surface area contributed by atoms with Crippen LogP contribution in [-0.2, 0) is 17.8 Å². The topological polar surface area (TPSA) is 137 Å². The second-order valence-corrected chi connectivity index (χ2v) is 8.66. The Bertz CT molecular complexity index is 987. The van der Waals surface area contributed by atoms with Crippen LogP contribution in [0.2, 0.25) is 0 Å². The molecule has 0 bridgehead atoms. The van der Waals surface area contributed by atoms with Crippen LogP contribution in [0.15, 0.2) is 16.8 Å². The minimum absolute atomic E-state index is 0.0925. The molecule has 0 spiro atoms. The van der Waals surface area contributed by atoms with E-state index in [9.17, 15) is 14.7 Å². The van der Waals surface area contributed by atoms with Crippen molar-refractivity contribution in [1.29, 1.82) is 0 Å². The molecular formula is C22H31N7O4. The Balaban J connectivity index is 1.23. The molecule has 1 unspecified atom stereocenters. The van der Waals surface area contributed by atoms with Crippen LogP contribution in [-0.4, -0.2) is 86.5 Å². The second-order valence-electron chi connectivity index (χ2n) is 8.66. The predicted molar refractivity (Wildman–Crippen MR) is 119 cm³/mol. The number of anilines is 1. The summed E-state index contributed by atoms with van der Waals surface area (Å²) >= 11 is 0. The number of hydrogen-bond donors (Lipinski definition) is 3. The Hall–Kier alpha value is -3.05. The Morgan fingerprint density at radius 3 is 2.82 bits per heavy atom. The minimum Gasteiger partial charge on any atom is -0.446 e. The highest BCUT2D eigenvalue weighted by molar-refractivity contribution is 5.92. The molecule has 4 heterocycles. The molecule has 1 fully saturated rings. The van der Waals surface area contributed by atoms with Gasteiger partial charge in [0.2, 0.25) is 5.91 Å². The van der Waals surface area contributed by atoms with Gasteiger partial charge in [-0.05, 0) is 12.8 Å². The number of piperidine rings is 1. The van der Waals surface area contributed by atoms with Crippen LogP contribution in [0.3, 0.4) is 0 Å². The number of aromatic nitrogens is 3. The molecule has 2 aromatic heterocycles. The van der Waals surface area contributed by atoms with Gasteiger partial charge in [-0.1, -0.05) is 0 Å². The number of likely N-dealkylation sites (tertiary alicyclic amines) is 1. The molecular weight excluding hydrogens is 426 g/mol. The summed E-state index contributed by atoms with van der Waals surface area (Å²) in [5.74, 6) is 1.89. The van der Waals surface area contributed by atoms with Crippen LogP contribution < -0.4 is 10.6 Å². The number of β-amino-alcohol motifs (C(OH)–C–C–N with tert-alkyl or cyclic N) is 1. The zero-order chi connectivity index (χ0) is 23.4. The van der Waals surface area contributed by atoms with Crippen molar-refractivity contribution in [2.45, 2.75) is 51.8 Å². The molecule has 4 rings (SSSR count). The van der Waals surface area contributed by atoms with Gasteiger partial charge in [-0.3, -0.25) is 14.5 Å². The van der Waals surface area contributed by atoms with Gasteiger partial charge in [0.25, 0.3) is 5.91 Å². The molecule has 0 saturated carbocycles. The average Bonchev–Trinajstić information content (AvgIpc) is 3.17. The number of rotatable bonds is 7. The number of amides is 2. The van der Waals surface area contributed by atoms with Gasteiger partial charge in [0, 0.05) is 71.6 Å². The van der Waals surface area contributed by atoms with Crippen LogP contribution in [0.25, 0.3) is 0 Å². The summed E-state index contributed by atoms with van der Waals surface area (Å²) in [5, 5.41) is 16.5. The van der Waals surface area contributed by atoms with E-state index in [4.69, 9.17) is 4.42 Å². The van der Waals surface area contributed by atoms with Crippen molar-refractivity contribution in [3.63, 3.8) is 0 Å². The van der Waals surface area contributed by atoms with E-state index >= 15 is 0 Å². The van der Waals surface area contributed by atoms with Gasteiger partial charge >= 0.3 is 0 Å². The van der Waals surface area contributed by atoms with Crippen molar-refractivity contribution in [3.8, 4) is 0 Å². The normalized spacial score (nSPS) is 18.0. The SMILES string of the molecule is CC(=O)N1CCC(Nc2cc(C(=O)NCC(O)CN3CCc4oc(C)nc4C3)ncn2)CC1. The standard InChI is InChI=1S/C22H31N7O4/c1-14-26-19-12-28(6-5-20(19)33-14)11-17(31)10-23-22(32)18-9-21(25-13-24-18)27-16-3-7-29(8-4-16)15(2)30/h9,13,16-17,31H,3-8,10-12H2,1-2H3,(H,23,32)(H,24,25,27). The first kappa shape index (κ1) is 23.1. The first-order chi connectivity index (χ1) is 15.9. The van der Waals surface area contributed by atoms with Crippen molar-refractivity contribution in [2.24, 2.45) is 0 Å². The number of nitrogens with zero attached hydrogens (tertiary/aromatic N) is 5. The lowest BCUT2D eigenvalue weighted by Gasteiger charge is -2.31. The molecule has 11 nitrogen and oxygen atoms in total. The maximum Gasteiger partial charge on any atom is 0.270 e. The molecule has 2 amide bonds. The smallest absolute Gasteiger partial charge is 0.270 e. The Morgan fingerprint density at radius 1 is 1.27 bits per heavy atom. The number of carbonyl (C=O) groups is 2. The van der Waals surface area contributed by atoms with Gasteiger partial charge in [0.1, 0.15) is 23.6 Å². The summed E-state index contributed by atoms with van der Waals surface area (Å²) in [5.41, 5.74) is 1.16. The molecule has 33 heavy (non-hydrogen) atoms. The Morgan fingerprint density at radius 2 is 2.06 bits per heavy atom. The van der Waals surface area contributed by atoms with Crippen LogP contribution in [0.1, 0.15) is 47.6 Å². The minimum atomic E-state index is -0.714. The van der Waals surface area contributed by atoms with E-state index in [1.54, 1.807) is 13.0 Å². The zero-order valence-electron chi connectivity index (χ0n) is 19.1. The lowest BCUT2D eigenvalue weighted by Crippen LogP contribution is -2.42. The number of aliphatic hydroxyl groups excluding tert-OH is 1. The van der Waals surface area contributed by atoms with Gasteiger partial charge in [-0.15, -0.1) is 0 Å². The van der Waals surface area contributed by atoms with E-state index in [0.29, 0.717) is 37.9 Å². The van der Waals surface area contributed by atoms with Gasteiger partial charge < -0.3 is 25.1 Å². The van der Waals surface area contributed by atoms with Gasteiger partial charge in [0.15, 0.2) is 5.89 Å². The highest BCUT2D eigenvalue weighted by Crippen LogP contribution is 2.19. The van der Waals surface area contributed by atoms with Crippen LogP contribution >= 0.6 is 0 Å². The first-order valence-corrected chi connectivity index (χ1v) is 11.3. The largest absolute Gasteiger partial charge is 0.446 e. The maximum atomic E-state index is 12.5. The number of hydrogen-bond acceptors (Lipinski definition) is 9. The molecule has 1 saturated heterocycles. The van der Waals surface area contributed by atoms with Crippen LogP contribution in [0, 0.1) is 6.92 Å². The van der Waals surface area contributed by atoms with Gasteiger partial charge in [0.05, 0.1) is 11.8 Å². The summed E-state index contributed by atoms with van der Waals surface area (Å²) in [4.78, 5) is 40.6. The average molecular weight is 458 g/mol. The number of nitrogens with one attached hydrogen (secondary N) is 2. The molecule has 3 N–H and O–H groups in total. The number of carbonyl (C=O) groups excluding carboxylic acids is 2. The van der Waals surface area contributed by atoms with Crippen LogP contribution in [0.4, 0.5) is 5.82 Å². The van der Waals surface area contributed by atoms with Gasteiger partial charge in [-0.2, -0.15) is 0 Å². The molecule has 2 aliphatic rings. The number of fused-ring (bicyclic) bond motifs is 1. The second kappa shape index (κ2) is 10.3. The summed E-state index contributed by atoms with van der Waals surface area (Å²) in [6.07, 6.45) is 3.05. The number of aliphatic hydroxyl groups is 1. The van der Waals surface area contributed by atoms with E-state index in [0.717, 1.165) is 37.3 Å². The fourth-order valence-corrected chi connectivity index (χ4v) is 4.31. The van der Waals surface area contributed by atoms with E-state index < -0.39 is 6.10 Å². The zero-order valence-corrected chi connectivity index (χ0v) is 19.1. The third kappa shape index (κ3) is 6.05. The Kier molecular flexibility index (Phi) is 7.19. The molecule has 2 aliphatic heterocycles. The maximum absolute atomic E-state index is 12.5. The molecule has 178 valence electrons. The van der Waals surface area contributed by atoms with Crippen molar-refractivity contribution in [3.05, 3.63) is 35.4 Å². The third-order valence-electron chi connectivity index (χ3n) is 6.07. The lowest BCUT2D eigenvalue weighted by molar-refractivity contribution is -0.129. The quantitative estimate of drug-likeness (QED) is 0.538. The Labute approximate surface area is 192 Å². The van der Waals surface area contributed by atoms with E-state index in [1.807, 2.05) is 11.8 Å². The fourth-order valence-electron chi connectivity index (χ4n) is 4.31. The predicted octanol–water partition coefficient (Wildman–Crippen LogP) is 0.345. The van der Waals surface area contributed by atoms with Crippen molar-refractivity contribution in [1.82, 2.24) is 30.1 Å². The lowest BCUT2D eigenvalue weighted by atomic mass is 10.1. The van der Waals surface area contributed by atoms with Crippen LogP contribution in [0.5, 0.6) is 0 Å².